The van der Waals surface area contributed by atoms with Crippen LogP contribution in [-0.2, 0) is 4.79 Å². The van der Waals surface area contributed by atoms with Gasteiger partial charge in [-0.25, -0.2) is 0 Å². The van der Waals surface area contributed by atoms with Gasteiger partial charge < -0.3 is 9.90 Å². The van der Waals surface area contributed by atoms with Crippen LogP contribution < -0.4 is 0 Å². The molecule has 1 heterocycles. The second-order valence-corrected chi connectivity index (χ2v) is 3.25. The molecule has 1 atom stereocenters. The van der Waals surface area contributed by atoms with E-state index in [1.54, 1.807) is 11.4 Å². The minimum absolute atomic E-state index is 0.452. The van der Waals surface area contributed by atoms with Crippen molar-refractivity contribution in [1.82, 2.24) is 0 Å². The zero-order valence-electron chi connectivity index (χ0n) is 4.95. The van der Waals surface area contributed by atoms with Gasteiger partial charge in [0.1, 0.15) is 6.10 Å². The molecule has 54 valence electrons. The molecule has 0 fully saturated rings. The first-order valence-corrected chi connectivity index (χ1v) is 3.87. The molecule has 0 bridgehead atoms. The van der Waals surface area contributed by atoms with Crippen LogP contribution in [0, 0.1) is 0 Å². The third-order valence-electron chi connectivity index (χ3n) is 1.09. The van der Waals surface area contributed by atoms with Gasteiger partial charge in [-0.1, -0.05) is 11.6 Å². The van der Waals surface area contributed by atoms with Crippen molar-refractivity contribution < 1.29 is 9.90 Å². The molecule has 0 radical (unpaired) electrons. The van der Waals surface area contributed by atoms with Gasteiger partial charge in [-0.3, -0.25) is 0 Å². The summed E-state index contributed by atoms with van der Waals surface area (Å²) in [4.78, 5) is 10.1. The Bertz CT molecular complexity index is 233. The van der Waals surface area contributed by atoms with Crippen LogP contribution in [-0.4, -0.2) is 11.4 Å². The fraction of sp³-hybridized carbons (Fsp3) is 0.167. The largest absolute Gasteiger partial charge is 0.381 e. The van der Waals surface area contributed by atoms with Crippen molar-refractivity contribution in [3.63, 3.8) is 0 Å². The van der Waals surface area contributed by atoms with Crippen LogP contribution in [0.5, 0.6) is 0 Å². The SMILES string of the molecule is O=CC(O)c1ccsc1Cl. The van der Waals surface area contributed by atoms with Crippen LogP contribution in [0.25, 0.3) is 0 Å². The molecule has 0 aliphatic rings. The molecule has 0 aromatic carbocycles. The first kappa shape index (κ1) is 7.72. The number of halogens is 1. The second-order valence-electron chi connectivity index (χ2n) is 1.73. The van der Waals surface area contributed by atoms with Crippen molar-refractivity contribution in [2.75, 3.05) is 0 Å². The van der Waals surface area contributed by atoms with E-state index in [4.69, 9.17) is 16.7 Å². The number of aliphatic hydroxyl groups is 1. The van der Waals surface area contributed by atoms with Gasteiger partial charge in [-0.2, -0.15) is 0 Å². The maximum absolute atomic E-state index is 10.1. The average Bonchev–Trinajstić information content (AvgIpc) is 2.34. The highest BCUT2D eigenvalue weighted by molar-refractivity contribution is 7.14. The number of aldehydes is 1. The van der Waals surface area contributed by atoms with Gasteiger partial charge in [0.05, 0.1) is 4.34 Å². The predicted molar refractivity (Wildman–Crippen MR) is 40.4 cm³/mol. The van der Waals surface area contributed by atoms with Crippen molar-refractivity contribution in [3.8, 4) is 0 Å². The van der Waals surface area contributed by atoms with E-state index in [-0.39, 0.29) is 0 Å². The standard InChI is InChI=1S/C6H5ClO2S/c7-6-4(1-2-10-6)5(9)3-8/h1-3,5,9H. The Hall–Kier alpha value is -0.380. The van der Waals surface area contributed by atoms with Crippen LogP contribution in [0.15, 0.2) is 11.4 Å². The molecule has 0 aliphatic heterocycles. The van der Waals surface area contributed by atoms with Crippen molar-refractivity contribution in [2.24, 2.45) is 0 Å². The quantitative estimate of drug-likeness (QED) is 0.696. The number of carbonyl (C=O) groups is 1. The first-order chi connectivity index (χ1) is 4.75. The Morgan fingerprint density at radius 1 is 1.80 bits per heavy atom. The molecule has 4 heteroatoms. The molecule has 0 spiro atoms. The molecule has 0 amide bonds. The van der Waals surface area contributed by atoms with E-state index in [2.05, 4.69) is 0 Å². The Morgan fingerprint density at radius 3 is 2.90 bits per heavy atom. The summed E-state index contributed by atoms with van der Waals surface area (Å²) in [6.07, 6.45) is -0.618. The molecule has 1 N–H and O–H groups in total. The number of aliphatic hydroxyl groups excluding tert-OH is 1. The Morgan fingerprint density at radius 2 is 2.50 bits per heavy atom. The molecule has 0 aliphatic carbocycles. The molecule has 1 rings (SSSR count). The number of thiophene rings is 1. The molecule has 0 saturated heterocycles. The third kappa shape index (κ3) is 1.37. The van der Waals surface area contributed by atoms with E-state index in [1.165, 1.54) is 11.3 Å². The summed E-state index contributed by atoms with van der Waals surface area (Å²) in [5, 5.41) is 10.7. The predicted octanol–water partition coefficient (Wildman–Crippen LogP) is 1.63. The zero-order chi connectivity index (χ0) is 7.56. The summed E-state index contributed by atoms with van der Waals surface area (Å²) < 4.78 is 0.472. The lowest BCUT2D eigenvalue weighted by Gasteiger charge is -1.97. The number of rotatable bonds is 2. The molecule has 0 saturated carbocycles. The van der Waals surface area contributed by atoms with E-state index in [0.29, 0.717) is 16.2 Å². The summed E-state index contributed by atoms with van der Waals surface area (Å²) >= 11 is 6.91. The minimum Gasteiger partial charge on any atom is -0.381 e. The first-order valence-electron chi connectivity index (χ1n) is 2.62. The van der Waals surface area contributed by atoms with Gasteiger partial charge in [0.15, 0.2) is 6.29 Å². The van der Waals surface area contributed by atoms with Gasteiger partial charge in [-0.15, -0.1) is 11.3 Å². The molecular formula is C6H5ClO2S. The van der Waals surface area contributed by atoms with Gasteiger partial charge in [0.2, 0.25) is 0 Å². The van der Waals surface area contributed by atoms with E-state index in [1.807, 2.05) is 0 Å². The van der Waals surface area contributed by atoms with Gasteiger partial charge in [0, 0.05) is 5.56 Å². The highest BCUT2D eigenvalue weighted by Gasteiger charge is 2.09. The van der Waals surface area contributed by atoms with Gasteiger partial charge >= 0.3 is 0 Å². The lowest BCUT2D eigenvalue weighted by Crippen LogP contribution is -1.95. The number of hydrogen-bond donors (Lipinski definition) is 1. The van der Waals surface area contributed by atoms with Crippen LogP contribution in [0.2, 0.25) is 4.34 Å². The summed E-state index contributed by atoms with van der Waals surface area (Å²) in [5.41, 5.74) is 0.488. The highest BCUT2D eigenvalue weighted by Crippen LogP contribution is 2.26. The fourth-order valence-electron chi connectivity index (χ4n) is 0.589. The van der Waals surface area contributed by atoms with Crippen molar-refractivity contribution in [1.29, 1.82) is 0 Å². The average molecular weight is 177 g/mol. The monoisotopic (exact) mass is 176 g/mol. The Labute approximate surface area is 67.1 Å². The second kappa shape index (κ2) is 3.14. The van der Waals surface area contributed by atoms with E-state index < -0.39 is 6.10 Å². The Balaban J connectivity index is 2.92. The topological polar surface area (TPSA) is 37.3 Å². The molecule has 1 unspecified atom stereocenters. The molecular weight excluding hydrogens is 172 g/mol. The van der Waals surface area contributed by atoms with Crippen molar-refractivity contribution in [3.05, 3.63) is 21.3 Å². The molecule has 1 aromatic heterocycles. The van der Waals surface area contributed by atoms with Gasteiger partial charge in [-0.05, 0) is 11.4 Å². The van der Waals surface area contributed by atoms with E-state index in [9.17, 15) is 4.79 Å². The highest BCUT2D eigenvalue weighted by atomic mass is 35.5. The molecule has 2 nitrogen and oxygen atoms in total. The zero-order valence-corrected chi connectivity index (χ0v) is 6.52. The fourth-order valence-corrected chi connectivity index (χ4v) is 1.58. The minimum atomic E-state index is -1.07. The smallest absolute Gasteiger partial charge is 0.153 e. The lowest BCUT2D eigenvalue weighted by molar-refractivity contribution is -0.115. The summed E-state index contributed by atoms with van der Waals surface area (Å²) in [5.74, 6) is 0. The van der Waals surface area contributed by atoms with Crippen molar-refractivity contribution >= 4 is 29.2 Å². The van der Waals surface area contributed by atoms with Crippen LogP contribution >= 0.6 is 22.9 Å². The van der Waals surface area contributed by atoms with Crippen LogP contribution in [0.3, 0.4) is 0 Å². The van der Waals surface area contributed by atoms with E-state index in [0.717, 1.165) is 0 Å². The summed E-state index contributed by atoms with van der Waals surface area (Å²) in [7, 11) is 0. The maximum Gasteiger partial charge on any atom is 0.153 e. The van der Waals surface area contributed by atoms with E-state index >= 15 is 0 Å². The molecule has 10 heavy (non-hydrogen) atoms. The molecule has 1 aromatic rings. The normalized spacial score (nSPS) is 13.0. The van der Waals surface area contributed by atoms with Gasteiger partial charge in [0.25, 0.3) is 0 Å². The summed E-state index contributed by atoms with van der Waals surface area (Å²) in [6, 6.07) is 1.63. The third-order valence-corrected chi connectivity index (χ3v) is 2.29. The maximum atomic E-state index is 10.1. The van der Waals surface area contributed by atoms with Crippen LogP contribution in [0.4, 0.5) is 0 Å². The lowest BCUT2D eigenvalue weighted by atomic mass is 10.2. The Kier molecular flexibility index (Phi) is 2.43. The summed E-state index contributed by atoms with van der Waals surface area (Å²) in [6.45, 7) is 0. The van der Waals surface area contributed by atoms with Crippen LogP contribution in [0.1, 0.15) is 11.7 Å². The number of hydrogen-bond acceptors (Lipinski definition) is 3. The number of carbonyl (C=O) groups excluding carboxylic acids is 1. The van der Waals surface area contributed by atoms with Crippen molar-refractivity contribution in [2.45, 2.75) is 6.10 Å².